The first kappa shape index (κ1) is 19.2. The van der Waals surface area contributed by atoms with E-state index < -0.39 is 0 Å². The van der Waals surface area contributed by atoms with Crippen LogP contribution in [0.2, 0.25) is 0 Å². The van der Waals surface area contributed by atoms with Crippen LogP contribution in [0, 0.1) is 12.7 Å². The van der Waals surface area contributed by atoms with Crippen molar-refractivity contribution in [3.8, 4) is 0 Å². The van der Waals surface area contributed by atoms with Gasteiger partial charge in [-0.2, -0.15) is 0 Å². The van der Waals surface area contributed by atoms with Crippen LogP contribution in [0.5, 0.6) is 0 Å². The van der Waals surface area contributed by atoms with Gasteiger partial charge < -0.3 is 4.90 Å². The van der Waals surface area contributed by atoms with E-state index in [4.69, 9.17) is 0 Å². The number of rotatable bonds is 2. The fourth-order valence-corrected chi connectivity index (χ4v) is 4.96. The first-order chi connectivity index (χ1) is 14.6. The fourth-order valence-electron chi connectivity index (χ4n) is 4.96. The molecule has 1 aliphatic carbocycles. The highest BCUT2D eigenvalue weighted by Crippen LogP contribution is 2.26. The van der Waals surface area contributed by atoms with Gasteiger partial charge in [0.25, 0.3) is 5.91 Å². The predicted molar refractivity (Wildman–Crippen MR) is 116 cm³/mol. The van der Waals surface area contributed by atoms with E-state index in [0.717, 1.165) is 50.1 Å². The molecule has 0 spiro atoms. The average molecular weight is 404 g/mol. The first-order valence-electron chi connectivity index (χ1n) is 10.8. The van der Waals surface area contributed by atoms with Gasteiger partial charge in [0.2, 0.25) is 0 Å². The third kappa shape index (κ3) is 3.58. The zero-order chi connectivity index (χ0) is 20.7. The molecular formula is C25H26FN3O. The molecule has 0 radical (unpaired) electrons. The summed E-state index contributed by atoms with van der Waals surface area (Å²) in [7, 11) is 0. The van der Waals surface area contributed by atoms with Crippen LogP contribution in [0.25, 0.3) is 10.9 Å². The summed E-state index contributed by atoms with van der Waals surface area (Å²) in [6.45, 7) is 5.09. The van der Waals surface area contributed by atoms with Crippen LogP contribution in [0.4, 0.5) is 4.39 Å². The van der Waals surface area contributed by atoms with Gasteiger partial charge in [0.1, 0.15) is 5.82 Å². The highest BCUT2D eigenvalue weighted by Gasteiger charge is 2.29. The second-order valence-electron chi connectivity index (χ2n) is 8.47. The maximum absolute atomic E-state index is 13.6. The van der Waals surface area contributed by atoms with Gasteiger partial charge in [-0.15, -0.1) is 0 Å². The maximum Gasteiger partial charge on any atom is 0.254 e. The molecule has 1 amide bonds. The summed E-state index contributed by atoms with van der Waals surface area (Å²) in [4.78, 5) is 22.2. The number of halogens is 1. The highest BCUT2D eigenvalue weighted by atomic mass is 19.1. The molecule has 0 N–H and O–H groups in total. The number of piperazine rings is 1. The molecule has 2 aromatic carbocycles. The van der Waals surface area contributed by atoms with Crippen molar-refractivity contribution in [1.82, 2.24) is 14.8 Å². The number of aryl methyl sites for hydroxylation is 2. The molecule has 4 nitrogen and oxygen atoms in total. The van der Waals surface area contributed by atoms with Gasteiger partial charge in [-0.1, -0.05) is 24.3 Å². The molecule has 0 saturated carbocycles. The molecule has 1 aromatic heterocycles. The summed E-state index contributed by atoms with van der Waals surface area (Å²) in [5.41, 5.74) is 4.85. The lowest BCUT2D eigenvalue weighted by molar-refractivity contribution is 0.0554. The molecule has 1 saturated heterocycles. The molecule has 2 aliphatic rings. The Labute approximate surface area is 176 Å². The third-order valence-corrected chi connectivity index (χ3v) is 6.57. The quantitative estimate of drug-likeness (QED) is 0.649. The number of carbonyl (C=O) groups excluding carboxylic acids is 1. The summed E-state index contributed by atoms with van der Waals surface area (Å²) in [6.07, 6.45) is 3.42. The van der Waals surface area contributed by atoms with Gasteiger partial charge in [0.15, 0.2) is 0 Å². The summed E-state index contributed by atoms with van der Waals surface area (Å²) in [5, 5.41) is 0.721. The molecule has 5 rings (SSSR count). The van der Waals surface area contributed by atoms with Crippen LogP contribution in [0.3, 0.4) is 0 Å². The van der Waals surface area contributed by atoms with Gasteiger partial charge in [-0.05, 0) is 55.5 Å². The van der Waals surface area contributed by atoms with E-state index in [2.05, 4.69) is 34.1 Å². The molecule has 2 heterocycles. The summed E-state index contributed by atoms with van der Waals surface area (Å²) < 4.78 is 13.6. The number of hydrogen-bond donors (Lipinski definition) is 0. The number of amides is 1. The smallest absolute Gasteiger partial charge is 0.254 e. The molecule has 1 fully saturated rings. The maximum atomic E-state index is 13.6. The van der Waals surface area contributed by atoms with E-state index in [9.17, 15) is 9.18 Å². The Balaban J connectivity index is 1.29. The Bertz CT molecular complexity index is 1100. The lowest BCUT2D eigenvalue weighted by Crippen LogP contribution is -2.53. The number of fused-ring (bicyclic) bond motifs is 2. The molecule has 1 atom stereocenters. The van der Waals surface area contributed by atoms with Gasteiger partial charge in [0.05, 0.1) is 11.1 Å². The lowest BCUT2D eigenvalue weighted by Gasteiger charge is -2.41. The van der Waals surface area contributed by atoms with Crippen LogP contribution in [-0.4, -0.2) is 52.9 Å². The number of aromatic nitrogens is 1. The molecule has 3 aromatic rings. The average Bonchev–Trinajstić information content (AvgIpc) is 2.77. The third-order valence-electron chi connectivity index (χ3n) is 6.57. The minimum absolute atomic E-state index is 0.0192. The van der Waals surface area contributed by atoms with Crippen molar-refractivity contribution < 1.29 is 9.18 Å². The molecule has 154 valence electrons. The lowest BCUT2D eigenvalue weighted by atomic mass is 9.87. The molecule has 0 unspecified atom stereocenters. The minimum Gasteiger partial charge on any atom is -0.336 e. The second-order valence-corrected chi connectivity index (χ2v) is 8.47. The number of benzene rings is 2. The predicted octanol–water partition coefficient (Wildman–Crippen LogP) is 4.00. The van der Waals surface area contributed by atoms with Crippen molar-refractivity contribution in [1.29, 1.82) is 0 Å². The molecule has 1 aliphatic heterocycles. The van der Waals surface area contributed by atoms with Crippen LogP contribution < -0.4 is 0 Å². The van der Waals surface area contributed by atoms with E-state index >= 15 is 0 Å². The second kappa shape index (κ2) is 7.80. The van der Waals surface area contributed by atoms with Crippen LogP contribution in [0.1, 0.15) is 33.6 Å². The van der Waals surface area contributed by atoms with E-state index in [1.165, 1.54) is 29.7 Å². The zero-order valence-corrected chi connectivity index (χ0v) is 17.3. The molecular weight excluding hydrogens is 377 g/mol. The van der Waals surface area contributed by atoms with Gasteiger partial charge in [0, 0.05) is 49.4 Å². The Kier molecular flexibility index (Phi) is 4.99. The fraction of sp³-hybridized carbons (Fsp3) is 0.360. The Morgan fingerprint density at radius 2 is 1.80 bits per heavy atom. The zero-order valence-electron chi connectivity index (χ0n) is 17.3. The summed E-state index contributed by atoms with van der Waals surface area (Å²) in [5.74, 6) is -0.313. The monoisotopic (exact) mass is 403 g/mol. The summed E-state index contributed by atoms with van der Waals surface area (Å²) >= 11 is 0. The number of nitrogens with zero attached hydrogens (tertiary/aromatic N) is 3. The van der Waals surface area contributed by atoms with Crippen LogP contribution >= 0.6 is 0 Å². The number of carbonyl (C=O) groups is 1. The Hall–Kier alpha value is -2.79. The van der Waals surface area contributed by atoms with E-state index in [1.807, 2.05) is 17.9 Å². The van der Waals surface area contributed by atoms with Crippen molar-refractivity contribution in [3.63, 3.8) is 0 Å². The normalized spacial score (nSPS) is 19.7. The van der Waals surface area contributed by atoms with Crippen LogP contribution in [0.15, 0.2) is 48.5 Å². The molecule has 0 bridgehead atoms. The number of hydrogen-bond acceptors (Lipinski definition) is 3. The van der Waals surface area contributed by atoms with Crippen molar-refractivity contribution in [3.05, 3.63) is 76.7 Å². The first-order valence-corrected chi connectivity index (χ1v) is 10.8. The molecule has 5 heteroatoms. The van der Waals surface area contributed by atoms with Gasteiger partial charge in [-0.3, -0.25) is 14.7 Å². The Morgan fingerprint density at radius 3 is 2.60 bits per heavy atom. The van der Waals surface area contributed by atoms with E-state index in [1.54, 1.807) is 6.07 Å². The van der Waals surface area contributed by atoms with Crippen molar-refractivity contribution in [2.24, 2.45) is 0 Å². The molecule has 30 heavy (non-hydrogen) atoms. The summed E-state index contributed by atoms with van der Waals surface area (Å²) in [6, 6.07) is 15.6. The van der Waals surface area contributed by atoms with E-state index in [-0.39, 0.29) is 11.7 Å². The highest BCUT2D eigenvalue weighted by molar-refractivity contribution is 6.06. The topological polar surface area (TPSA) is 36.4 Å². The van der Waals surface area contributed by atoms with E-state index in [0.29, 0.717) is 17.1 Å². The van der Waals surface area contributed by atoms with Crippen molar-refractivity contribution >= 4 is 16.8 Å². The van der Waals surface area contributed by atoms with Gasteiger partial charge >= 0.3 is 0 Å². The van der Waals surface area contributed by atoms with Gasteiger partial charge in [-0.25, -0.2) is 4.39 Å². The van der Waals surface area contributed by atoms with Crippen molar-refractivity contribution in [2.75, 3.05) is 26.2 Å². The standard InChI is InChI=1S/C25H26FN3O/c1-17-14-23(22-9-7-20(26)16-24(22)27-17)25(30)29-12-10-28(11-13-29)21-8-6-18-4-2-3-5-19(18)15-21/h2-5,7,9,14,16,21H,6,8,10-13,15H2,1H3/t21-/m0/s1. The van der Waals surface area contributed by atoms with Crippen molar-refractivity contribution in [2.45, 2.75) is 32.2 Å². The Morgan fingerprint density at radius 1 is 1.03 bits per heavy atom. The minimum atomic E-state index is -0.332. The largest absolute Gasteiger partial charge is 0.336 e. The number of pyridine rings is 1. The van der Waals surface area contributed by atoms with Crippen LogP contribution in [-0.2, 0) is 12.8 Å². The SMILES string of the molecule is Cc1cc(C(=O)N2CCN([C@H]3CCc4ccccc4C3)CC2)c2ccc(F)cc2n1.